The zero-order chi connectivity index (χ0) is 16.5. The lowest BCUT2D eigenvalue weighted by atomic mass is 10.0. The molecular formula is C18H17N5S. The van der Waals surface area contributed by atoms with E-state index in [1.807, 2.05) is 61.9 Å². The molecule has 2 atom stereocenters. The Hall–Kier alpha value is -2.73. The fraction of sp³-hybridized carbons (Fsp3) is 0.167. The molecule has 5 nitrogen and oxygen atoms in total. The van der Waals surface area contributed by atoms with Gasteiger partial charge in [0, 0.05) is 31.3 Å². The molecule has 0 saturated carbocycles. The normalized spacial score (nSPS) is 20.2. The standard InChI is InChI=1S/C18H17N5S/c1-22-17(16(21-18(22)24)13-7-2-4-10-19-13)14-8-6-12-23(14)15-9-3-5-11-20-15/h2-12,16-17H,1H3,(H,21,24)/t16-,17-/m1/s1. The van der Waals surface area contributed by atoms with Gasteiger partial charge in [0.05, 0.1) is 17.8 Å². The van der Waals surface area contributed by atoms with Gasteiger partial charge in [0.2, 0.25) is 0 Å². The van der Waals surface area contributed by atoms with Crippen molar-refractivity contribution in [1.29, 1.82) is 0 Å². The van der Waals surface area contributed by atoms with Crippen molar-refractivity contribution in [3.05, 3.63) is 78.5 Å². The fourth-order valence-corrected chi connectivity index (χ4v) is 3.41. The van der Waals surface area contributed by atoms with E-state index in [4.69, 9.17) is 12.2 Å². The van der Waals surface area contributed by atoms with E-state index in [0.717, 1.165) is 22.3 Å². The third-order valence-electron chi connectivity index (χ3n) is 4.32. The zero-order valence-corrected chi connectivity index (χ0v) is 14.0. The third kappa shape index (κ3) is 2.45. The van der Waals surface area contributed by atoms with Gasteiger partial charge in [0.25, 0.3) is 0 Å². The molecule has 3 aromatic heterocycles. The fourth-order valence-electron chi connectivity index (χ4n) is 3.17. The summed E-state index contributed by atoms with van der Waals surface area (Å²) in [6.07, 6.45) is 5.65. The SMILES string of the molecule is CN1C(=S)N[C@H](c2ccccn2)[C@H]1c1cccn1-c1ccccn1. The van der Waals surface area contributed by atoms with Crippen molar-refractivity contribution in [3.63, 3.8) is 0 Å². The van der Waals surface area contributed by atoms with E-state index in [1.54, 1.807) is 6.20 Å². The van der Waals surface area contributed by atoms with Gasteiger partial charge in [-0.3, -0.25) is 4.98 Å². The molecule has 0 aromatic carbocycles. The molecule has 4 heterocycles. The summed E-state index contributed by atoms with van der Waals surface area (Å²) >= 11 is 5.49. The summed E-state index contributed by atoms with van der Waals surface area (Å²) in [5, 5.41) is 4.12. The van der Waals surface area contributed by atoms with Crippen LogP contribution in [0.4, 0.5) is 0 Å². The predicted molar refractivity (Wildman–Crippen MR) is 96.8 cm³/mol. The first-order valence-corrected chi connectivity index (χ1v) is 8.19. The third-order valence-corrected chi connectivity index (χ3v) is 4.72. The highest BCUT2D eigenvalue weighted by molar-refractivity contribution is 7.80. The molecule has 1 N–H and O–H groups in total. The summed E-state index contributed by atoms with van der Waals surface area (Å²) < 4.78 is 2.10. The quantitative estimate of drug-likeness (QED) is 0.746. The Morgan fingerprint density at radius 3 is 2.50 bits per heavy atom. The highest BCUT2D eigenvalue weighted by Gasteiger charge is 2.39. The van der Waals surface area contributed by atoms with Crippen LogP contribution in [0.5, 0.6) is 0 Å². The minimum Gasteiger partial charge on any atom is -0.352 e. The Bertz CT molecular complexity index is 846. The predicted octanol–water partition coefficient (Wildman–Crippen LogP) is 2.87. The summed E-state index contributed by atoms with van der Waals surface area (Å²) in [7, 11) is 2.01. The Morgan fingerprint density at radius 1 is 1.00 bits per heavy atom. The summed E-state index contributed by atoms with van der Waals surface area (Å²) in [5.41, 5.74) is 2.10. The van der Waals surface area contributed by atoms with Crippen molar-refractivity contribution >= 4 is 17.3 Å². The molecule has 1 aliphatic rings. The maximum atomic E-state index is 5.49. The molecule has 0 spiro atoms. The Kier molecular flexibility index (Phi) is 3.74. The van der Waals surface area contributed by atoms with Crippen LogP contribution in [-0.4, -0.2) is 31.6 Å². The zero-order valence-electron chi connectivity index (χ0n) is 13.2. The van der Waals surface area contributed by atoms with Crippen molar-refractivity contribution in [3.8, 4) is 5.82 Å². The van der Waals surface area contributed by atoms with Crippen molar-refractivity contribution in [2.45, 2.75) is 12.1 Å². The average Bonchev–Trinajstić information content (AvgIpc) is 3.22. The molecule has 1 fully saturated rings. The molecule has 0 radical (unpaired) electrons. The second kappa shape index (κ2) is 6.05. The van der Waals surface area contributed by atoms with Gasteiger partial charge in [-0.05, 0) is 48.6 Å². The first-order valence-electron chi connectivity index (χ1n) is 7.78. The Labute approximate surface area is 146 Å². The number of thiocarbonyl (C=S) groups is 1. The lowest BCUT2D eigenvalue weighted by Crippen LogP contribution is -2.26. The second-order valence-corrected chi connectivity index (χ2v) is 6.12. The highest BCUT2D eigenvalue weighted by Crippen LogP contribution is 2.38. The smallest absolute Gasteiger partial charge is 0.169 e. The summed E-state index contributed by atoms with van der Waals surface area (Å²) in [6, 6.07) is 16.1. The average molecular weight is 335 g/mol. The van der Waals surface area contributed by atoms with E-state index in [-0.39, 0.29) is 12.1 Å². The topological polar surface area (TPSA) is 46.0 Å². The van der Waals surface area contributed by atoms with Gasteiger partial charge in [0.15, 0.2) is 5.11 Å². The van der Waals surface area contributed by atoms with Gasteiger partial charge < -0.3 is 14.8 Å². The monoisotopic (exact) mass is 335 g/mol. The van der Waals surface area contributed by atoms with Crippen LogP contribution in [0.25, 0.3) is 5.82 Å². The molecule has 6 heteroatoms. The van der Waals surface area contributed by atoms with E-state index in [1.165, 1.54) is 0 Å². The van der Waals surface area contributed by atoms with Crippen LogP contribution < -0.4 is 5.32 Å². The van der Waals surface area contributed by atoms with Crippen LogP contribution in [0.15, 0.2) is 67.1 Å². The minimum atomic E-state index is 0.000984. The molecule has 1 saturated heterocycles. The van der Waals surface area contributed by atoms with Crippen LogP contribution in [0.3, 0.4) is 0 Å². The lowest BCUT2D eigenvalue weighted by Gasteiger charge is -2.25. The first-order chi connectivity index (χ1) is 11.8. The number of nitrogens with zero attached hydrogens (tertiary/aromatic N) is 4. The van der Waals surface area contributed by atoms with Gasteiger partial charge in [0.1, 0.15) is 5.82 Å². The Balaban J connectivity index is 1.80. The van der Waals surface area contributed by atoms with Crippen molar-refractivity contribution in [2.24, 2.45) is 0 Å². The first kappa shape index (κ1) is 14.8. The summed E-state index contributed by atoms with van der Waals surface area (Å²) in [6.45, 7) is 0. The number of aromatic nitrogens is 3. The summed E-state index contributed by atoms with van der Waals surface area (Å²) in [5.74, 6) is 0.892. The lowest BCUT2D eigenvalue weighted by molar-refractivity contribution is 0.356. The molecule has 120 valence electrons. The largest absolute Gasteiger partial charge is 0.352 e. The molecule has 0 unspecified atom stereocenters. The van der Waals surface area contributed by atoms with Crippen LogP contribution in [0.1, 0.15) is 23.5 Å². The molecule has 0 aliphatic carbocycles. The maximum Gasteiger partial charge on any atom is 0.169 e. The van der Waals surface area contributed by atoms with Gasteiger partial charge >= 0.3 is 0 Å². The van der Waals surface area contributed by atoms with Crippen LogP contribution >= 0.6 is 12.2 Å². The van der Waals surface area contributed by atoms with Crippen molar-refractivity contribution in [1.82, 2.24) is 24.8 Å². The van der Waals surface area contributed by atoms with E-state index < -0.39 is 0 Å². The minimum absolute atomic E-state index is 0.000984. The molecule has 0 bridgehead atoms. The van der Waals surface area contributed by atoms with Gasteiger partial charge in [-0.15, -0.1) is 0 Å². The van der Waals surface area contributed by atoms with Crippen LogP contribution in [-0.2, 0) is 0 Å². The molecule has 0 amide bonds. The number of hydrogen-bond acceptors (Lipinski definition) is 3. The number of likely N-dealkylation sites (N-methyl/N-ethyl adjacent to an activating group) is 1. The number of rotatable bonds is 3. The van der Waals surface area contributed by atoms with E-state index >= 15 is 0 Å². The van der Waals surface area contributed by atoms with Crippen LogP contribution in [0.2, 0.25) is 0 Å². The molecular weight excluding hydrogens is 318 g/mol. The number of nitrogens with one attached hydrogen (secondary N) is 1. The maximum absolute atomic E-state index is 5.49. The molecule has 4 rings (SSSR count). The summed E-state index contributed by atoms with van der Waals surface area (Å²) in [4.78, 5) is 11.1. The molecule has 24 heavy (non-hydrogen) atoms. The van der Waals surface area contributed by atoms with Crippen molar-refractivity contribution in [2.75, 3.05) is 7.05 Å². The Morgan fingerprint density at radius 2 is 1.79 bits per heavy atom. The van der Waals surface area contributed by atoms with E-state index in [2.05, 4.69) is 30.8 Å². The second-order valence-electron chi connectivity index (χ2n) is 5.73. The van der Waals surface area contributed by atoms with Gasteiger partial charge in [-0.2, -0.15) is 0 Å². The number of hydrogen-bond donors (Lipinski definition) is 1. The molecule has 3 aromatic rings. The molecule has 1 aliphatic heterocycles. The van der Waals surface area contributed by atoms with Crippen LogP contribution in [0, 0.1) is 0 Å². The number of pyridine rings is 2. The van der Waals surface area contributed by atoms with Crippen molar-refractivity contribution < 1.29 is 0 Å². The van der Waals surface area contributed by atoms with E-state index in [0.29, 0.717) is 0 Å². The van der Waals surface area contributed by atoms with E-state index in [9.17, 15) is 0 Å². The highest BCUT2D eigenvalue weighted by atomic mass is 32.1. The van der Waals surface area contributed by atoms with Gasteiger partial charge in [-0.1, -0.05) is 12.1 Å². The van der Waals surface area contributed by atoms with Gasteiger partial charge in [-0.25, -0.2) is 4.98 Å².